The maximum Gasteiger partial charge on any atom is 0.259 e. The monoisotopic (exact) mass is 449 g/mol. The number of hydrogen-bond donors (Lipinski definition) is 2. The molecule has 0 unspecified atom stereocenters. The van der Waals surface area contributed by atoms with E-state index in [9.17, 15) is 10.4 Å². The smallest absolute Gasteiger partial charge is 0.259 e. The molecule has 9 nitrogen and oxygen atoms in total. The van der Waals surface area contributed by atoms with Crippen molar-refractivity contribution < 1.29 is 19.5 Å². The zero-order chi connectivity index (χ0) is 23.5. The minimum absolute atomic E-state index is 0.0933. The minimum Gasteiger partial charge on any atom is -0.474 e. The quantitative estimate of drug-likeness (QED) is 0.559. The third kappa shape index (κ3) is 4.88. The van der Waals surface area contributed by atoms with E-state index in [1.807, 2.05) is 19.9 Å². The summed E-state index contributed by atoms with van der Waals surface area (Å²) in [4.78, 5) is 10.9. The highest BCUT2D eigenvalue weighted by atomic mass is 16.5. The Morgan fingerprint density at radius 2 is 2.15 bits per heavy atom. The van der Waals surface area contributed by atoms with Crippen LogP contribution in [0.25, 0.3) is 22.8 Å². The first kappa shape index (κ1) is 22.9. The molecule has 0 aliphatic carbocycles. The van der Waals surface area contributed by atoms with E-state index in [0.29, 0.717) is 23.5 Å². The van der Waals surface area contributed by atoms with E-state index in [-0.39, 0.29) is 24.5 Å². The van der Waals surface area contributed by atoms with Crippen molar-refractivity contribution in [1.82, 2.24) is 20.0 Å². The van der Waals surface area contributed by atoms with Crippen LogP contribution in [0.2, 0.25) is 0 Å². The fourth-order valence-electron chi connectivity index (χ4n) is 4.07. The van der Waals surface area contributed by atoms with E-state index < -0.39 is 6.10 Å². The Morgan fingerprint density at radius 3 is 2.88 bits per heavy atom. The molecule has 9 heteroatoms. The molecule has 2 N–H and O–H groups in total. The molecule has 4 rings (SSSR count). The van der Waals surface area contributed by atoms with Gasteiger partial charge in [0.05, 0.1) is 24.4 Å². The van der Waals surface area contributed by atoms with Gasteiger partial charge in [0.2, 0.25) is 11.7 Å². The van der Waals surface area contributed by atoms with E-state index in [1.54, 1.807) is 12.3 Å². The van der Waals surface area contributed by atoms with E-state index in [4.69, 9.17) is 14.4 Å². The van der Waals surface area contributed by atoms with E-state index in [1.165, 1.54) is 11.1 Å². The number of aliphatic hydroxyl groups excluding tert-OH is 2. The molecule has 0 spiro atoms. The number of nitrogens with zero attached hydrogens (tertiary/aromatic N) is 5. The highest BCUT2D eigenvalue weighted by Crippen LogP contribution is 2.31. The SMILES string of the molecule is Cc1c(-c2noc(-c3cnc(OC(C)C)c(C#N)c3)n2)ccc2c1CCN(C[C@H](O)CO)C2. The molecule has 0 radical (unpaired) electrons. The molecule has 0 amide bonds. The maximum atomic E-state index is 9.74. The lowest BCUT2D eigenvalue weighted by Crippen LogP contribution is -2.38. The number of benzene rings is 1. The third-order valence-electron chi connectivity index (χ3n) is 5.68. The van der Waals surface area contributed by atoms with Gasteiger partial charge in [-0.3, -0.25) is 4.90 Å². The van der Waals surface area contributed by atoms with Crippen LogP contribution < -0.4 is 4.74 Å². The number of fused-ring (bicyclic) bond motifs is 1. The second-order valence-corrected chi connectivity index (χ2v) is 8.48. The lowest BCUT2D eigenvalue weighted by Gasteiger charge is -2.31. The van der Waals surface area contributed by atoms with E-state index in [2.05, 4.69) is 39.1 Å². The van der Waals surface area contributed by atoms with Gasteiger partial charge in [0.25, 0.3) is 5.89 Å². The summed E-state index contributed by atoms with van der Waals surface area (Å²) in [5.41, 5.74) is 5.29. The number of rotatable bonds is 7. The largest absolute Gasteiger partial charge is 0.474 e. The summed E-state index contributed by atoms with van der Waals surface area (Å²) in [5.74, 6) is 1.04. The van der Waals surface area contributed by atoms with Crippen molar-refractivity contribution in [2.75, 3.05) is 19.7 Å². The lowest BCUT2D eigenvalue weighted by atomic mass is 9.91. The van der Waals surface area contributed by atoms with Crippen LogP contribution in [-0.4, -0.2) is 62.1 Å². The molecule has 1 aliphatic heterocycles. The fourth-order valence-corrected chi connectivity index (χ4v) is 4.07. The molecule has 2 aromatic heterocycles. The second-order valence-electron chi connectivity index (χ2n) is 8.48. The average molecular weight is 450 g/mol. The van der Waals surface area contributed by atoms with Gasteiger partial charge in [-0.15, -0.1) is 0 Å². The van der Waals surface area contributed by atoms with Gasteiger partial charge in [-0.1, -0.05) is 17.3 Å². The van der Waals surface area contributed by atoms with Crippen molar-refractivity contribution >= 4 is 0 Å². The van der Waals surface area contributed by atoms with Crippen LogP contribution in [0.3, 0.4) is 0 Å². The second kappa shape index (κ2) is 9.67. The number of hydrogen-bond acceptors (Lipinski definition) is 9. The van der Waals surface area contributed by atoms with Crippen LogP contribution in [0.1, 0.15) is 36.1 Å². The fraction of sp³-hybridized carbons (Fsp3) is 0.417. The van der Waals surface area contributed by atoms with Crippen molar-refractivity contribution in [2.24, 2.45) is 0 Å². The molecule has 1 atom stereocenters. The van der Waals surface area contributed by atoms with Crippen LogP contribution in [0.5, 0.6) is 5.88 Å². The number of β-amino-alcohol motifs (C(OH)–C–C–N with tert-alkyl or cyclic N) is 1. The lowest BCUT2D eigenvalue weighted by molar-refractivity contribution is 0.0551. The maximum absolute atomic E-state index is 9.74. The topological polar surface area (TPSA) is 129 Å². The van der Waals surface area contributed by atoms with Gasteiger partial charge in [-0.2, -0.15) is 10.2 Å². The number of pyridine rings is 1. The number of nitriles is 1. The summed E-state index contributed by atoms with van der Waals surface area (Å²) in [6.45, 7) is 7.54. The normalized spacial score (nSPS) is 14.7. The predicted molar refractivity (Wildman–Crippen MR) is 120 cm³/mol. The summed E-state index contributed by atoms with van der Waals surface area (Å²) < 4.78 is 11.1. The van der Waals surface area contributed by atoms with Crippen LogP contribution in [0.15, 0.2) is 28.9 Å². The van der Waals surface area contributed by atoms with Gasteiger partial charge in [-0.25, -0.2) is 4.98 Å². The third-order valence-corrected chi connectivity index (χ3v) is 5.68. The van der Waals surface area contributed by atoms with Crippen LogP contribution in [0.4, 0.5) is 0 Å². The van der Waals surface area contributed by atoms with Crippen LogP contribution >= 0.6 is 0 Å². The van der Waals surface area contributed by atoms with E-state index >= 15 is 0 Å². The molecule has 3 aromatic rings. The van der Waals surface area contributed by atoms with Crippen molar-refractivity contribution in [1.29, 1.82) is 5.26 Å². The van der Waals surface area contributed by atoms with Crippen LogP contribution in [0, 0.1) is 18.3 Å². The molecule has 33 heavy (non-hydrogen) atoms. The molecule has 0 fully saturated rings. The average Bonchev–Trinajstić information content (AvgIpc) is 3.29. The molecule has 1 aromatic carbocycles. The van der Waals surface area contributed by atoms with Crippen LogP contribution in [-0.2, 0) is 13.0 Å². The zero-order valence-corrected chi connectivity index (χ0v) is 18.9. The summed E-state index contributed by atoms with van der Waals surface area (Å²) in [5, 5.41) is 32.5. The summed E-state index contributed by atoms with van der Waals surface area (Å²) >= 11 is 0. The Kier molecular flexibility index (Phi) is 6.70. The first-order valence-electron chi connectivity index (χ1n) is 10.9. The highest BCUT2D eigenvalue weighted by Gasteiger charge is 2.23. The predicted octanol–water partition coefficient (Wildman–Crippen LogP) is 2.48. The highest BCUT2D eigenvalue weighted by molar-refractivity contribution is 5.66. The molecule has 0 saturated carbocycles. The Hall–Kier alpha value is -3.32. The molecule has 3 heterocycles. The Bertz CT molecular complexity index is 1180. The molecule has 172 valence electrons. The molecule has 1 aliphatic rings. The van der Waals surface area contributed by atoms with Crippen molar-refractivity contribution in [3.05, 3.63) is 46.6 Å². The minimum atomic E-state index is -0.730. The summed E-state index contributed by atoms with van der Waals surface area (Å²) in [6, 6.07) is 7.77. The number of aromatic nitrogens is 3. The first-order valence-corrected chi connectivity index (χ1v) is 10.9. The van der Waals surface area contributed by atoms with E-state index in [0.717, 1.165) is 30.6 Å². The number of ether oxygens (including phenoxy) is 1. The Balaban J connectivity index is 1.58. The molecular formula is C24H27N5O4. The van der Waals surface area contributed by atoms with Crippen molar-refractivity contribution in [3.8, 4) is 34.8 Å². The number of aliphatic hydroxyl groups is 2. The van der Waals surface area contributed by atoms with Gasteiger partial charge < -0.3 is 19.5 Å². The van der Waals surface area contributed by atoms with Gasteiger partial charge >= 0.3 is 0 Å². The van der Waals surface area contributed by atoms with Crippen molar-refractivity contribution in [3.63, 3.8) is 0 Å². The standard InChI is InChI=1S/C24H27N5O4/c1-14(2)32-23-17(9-25)8-18(10-26-23)24-27-22(28-33-24)21-5-4-16-11-29(12-19(31)13-30)7-6-20(16)15(21)3/h4-5,8,10,14,19,30-31H,6-7,11-13H2,1-3H3/t19-/m0/s1. The van der Waals surface area contributed by atoms with Gasteiger partial charge in [0, 0.05) is 31.4 Å². The van der Waals surface area contributed by atoms with Crippen molar-refractivity contribution in [2.45, 2.75) is 45.9 Å². The Morgan fingerprint density at radius 1 is 1.33 bits per heavy atom. The zero-order valence-electron chi connectivity index (χ0n) is 18.9. The molecular weight excluding hydrogens is 422 g/mol. The first-order chi connectivity index (χ1) is 15.9. The summed E-state index contributed by atoms with van der Waals surface area (Å²) in [7, 11) is 0. The van der Waals surface area contributed by atoms with Gasteiger partial charge in [0.15, 0.2) is 0 Å². The Labute approximate surface area is 192 Å². The molecule has 0 bridgehead atoms. The summed E-state index contributed by atoms with van der Waals surface area (Å²) in [6.07, 6.45) is 1.58. The van der Waals surface area contributed by atoms with Gasteiger partial charge in [-0.05, 0) is 49.9 Å². The molecule has 0 saturated heterocycles. The van der Waals surface area contributed by atoms with Gasteiger partial charge in [0.1, 0.15) is 11.6 Å².